The van der Waals surface area contributed by atoms with E-state index < -0.39 is 11.8 Å². The lowest BCUT2D eigenvalue weighted by Crippen LogP contribution is -2.13. The number of unbranched alkanes of at least 4 members (excludes halogenated alkanes) is 8. The molecule has 0 radical (unpaired) electrons. The molecule has 0 aliphatic carbocycles. The van der Waals surface area contributed by atoms with E-state index in [0.717, 1.165) is 12.8 Å². The molecule has 0 saturated carbocycles. The molecule has 6 heteroatoms. The van der Waals surface area contributed by atoms with Crippen LogP contribution < -0.4 is 17.2 Å². The van der Waals surface area contributed by atoms with Crippen LogP contribution in [0, 0.1) is 0 Å². The fourth-order valence-electron chi connectivity index (χ4n) is 2.41. The van der Waals surface area contributed by atoms with Crippen LogP contribution in [0.25, 0.3) is 0 Å². The molecule has 1 rings (SSSR count). The van der Waals surface area contributed by atoms with Crippen molar-refractivity contribution >= 4 is 17.7 Å². The van der Waals surface area contributed by atoms with Crippen LogP contribution >= 0.6 is 0 Å². The number of hydrogen-bond acceptors (Lipinski definition) is 3. The molecule has 26 heavy (non-hydrogen) atoms. The van der Waals surface area contributed by atoms with Crippen molar-refractivity contribution < 1.29 is 14.4 Å². The Bertz CT molecular complexity index is 509. The van der Waals surface area contributed by atoms with Crippen LogP contribution in [0.5, 0.6) is 0 Å². The van der Waals surface area contributed by atoms with Crippen LogP contribution in [0.1, 0.15) is 91.8 Å². The second kappa shape index (κ2) is 14.9. The molecule has 0 saturated heterocycles. The molecule has 3 amide bonds. The minimum atomic E-state index is -0.522. The Morgan fingerprint density at radius 3 is 1.31 bits per heavy atom. The standard InChI is InChI=1S/C12H25NO.C8H8N2O2/c1-2-3-4-5-6-7-8-9-10-11-12(13)14;9-7(11)5-1-2-6(4-3-5)8(10)12/h2-11H2,1H3,(H2,13,14);1-4H,(H2,9,11)(H2,10,12). The van der Waals surface area contributed by atoms with E-state index in [1.807, 2.05) is 0 Å². The minimum Gasteiger partial charge on any atom is -0.370 e. The molecule has 0 aliphatic rings. The summed E-state index contributed by atoms with van der Waals surface area (Å²) in [6.07, 6.45) is 12.1. The van der Waals surface area contributed by atoms with Crippen LogP contribution in [0.4, 0.5) is 0 Å². The highest BCUT2D eigenvalue weighted by atomic mass is 16.1. The molecule has 0 heterocycles. The smallest absolute Gasteiger partial charge is 0.248 e. The van der Waals surface area contributed by atoms with Gasteiger partial charge in [0.15, 0.2) is 0 Å². The highest BCUT2D eigenvalue weighted by Crippen LogP contribution is 2.10. The molecule has 146 valence electrons. The SMILES string of the molecule is CCCCCCCCCCCC(N)=O.NC(=O)c1ccc(C(N)=O)cc1. The van der Waals surface area contributed by atoms with E-state index in [2.05, 4.69) is 6.92 Å². The summed E-state index contributed by atoms with van der Waals surface area (Å²) in [4.78, 5) is 31.6. The van der Waals surface area contributed by atoms with Gasteiger partial charge in [-0.1, -0.05) is 58.3 Å². The zero-order valence-corrected chi connectivity index (χ0v) is 15.8. The minimum absolute atomic E-state index is 0.159. The molecule has 1 aromatic carbocycles. The van der Waals surface area contributed by atoms with Crippen LogP contribution in [0.15, 0.2) is 24.3 Å². The maximum Gasteiger partial charge on any atom is 0.248 e. The zero-order chi connectivity index (χ0) is 19.8. The van der Waals surface area contributed by atoms with Gasteiger partial charge in [-0.25, -0.2) is 0 Å². The van der Waals surface area contributed by atoms with Crippen molar-refractivity contribution in [2.24, 2.45) is 17.2 Å². The van der Waals surface area contributed by atoms with E-state index in [-0.39, 0.29) is 5.91 Å². The first kappa shape index (κ1) is 23.6. The second-order valence-electron chi connectivity index (χ2n) is 6.35. The first-order valence-corrected chi connectivity index (χ1v) is 9.36. The van der Waals surface area contributed by atoms with Gasteiger partial charge in [0.05, 0.1) is 0 Å². The lowest BCUT2D eigenvalue weighted by molar-refractivity contribution is -0.118. The van der Waals surface area contributed by atoms with Gasteiger partial charge in [0.25, 0.3) is 0 Å². The summed E-state index contributed by atoms with van der Waals surface area (Å²) in [6.45, 7) is 2.24. The summed E-state index contributed by atoms with van der Waals surface area (Å²) >= 11 is 0. The Kier molecular flexibility index (Phi) is 13.6. The van der Waals surface area contributed by atoms with E-state index >= 15 is 0 Å². The van der Waals surface area contributed by atoms with Crippen LogP contribution in [0.2, 0.25) is 0 Å². The summed E-state index contributed by atoms with van der Waals surface area (Å²) in [5.41, 5.74) is 15.7. The monoisotopic (exact) mass is 363 g/mol. The van der Waals surface area contributed by atoms with Crippen molar-refractivity contribution in [3.8, 4) is 0 Å². The third-order valence-corrected chi connectivity index (χ3v) is 3.98. The highest BCUT2D eigenvalue weighted by molar-refractivity contribution is 5.96. The largest absolute Gasteiger partial charge is 0.370 e. The highest BCUT2D eigenvalue weighted by Gasteiger charge is 2.02. The van der Waals surface area contributed by atoms with Gasteiger partial charge in [-0.05, 0) is 30.7 Å². The van der Waals surface area contributed by atoms with Gasteiger partial charge in [0.1, 0.15) is 0 Å². The molecular weight excluding hydrogens is 330 g/mol. The number of rotatable bonds is 12. The van der Waals surface area contributed by atoms with Crippen LogP contribution in [-0.2, 0) is 4.79 Å². The summed E-state index contributed by atoms with van der Waals surface area (Å²) in [6, 6.07) is 5.84. The van der Waals surface area contributed by atoms with Gasteiger partial charge in [-0.15, -0.1) is 0 Å². The zero-order valence-electron chi connectivity index (χ0n) is 15.8. The fraction of sp³-hybridized carbons (Fsp3) is 0.550. The molecule has 0 aromatic heterocycles. The van der Waals surface area contributed by atoms with Gasteiger partial charge in [-0.2, -0.15) is 0 Å². The maximum atomic E-state index is 10.6. The first-order chi connectivity index (χ1) is 12.4. The van der Waals surface area contributed by atoms with Crippen LogP contribution in [0.3, 0.4) is 0 Å². The first-order valence-electron chi connectivity index (χ1n) is 9.36. The van der Waals surface area contributed by atoms with E-state index in [1.165, 1.54) is 69.2 Å². The second-order valence-corrected chi connectivity index (χ2v) is 6.35. The lowest BCUT2D eigenvalue weighted by Gasteiger charge is -2.00. The average Bonchev–Trinajstić information content (AvgIpc) is 2.60. The summed E-state index contributed by atoms with van der Waals surface area (Å²) in [7, 11) is 0. The molecule has 6 nitrogen and oxygen atoms in total. The van der Waals surface area contributed by atoms with Crippen molar-refractivity contribution in [2.75, 3.05) is 0 Å². The fourth-order valence-corrected chi connectivity index (χ4v) is 2.41. The predicted molar refractivity (Wildman–Crippen MR) is 105 cm³/mol. The molecular formula is C20H33N3O3. The Hall–Kier alpha value is -2.37. The normalized spacial score (nSPS) is 9.88. The van der Waals surface area contributed by atoms with Crippen molar-refractivity contribution in [1.82, 2.24) is 0 Å². The molecule has 0 unspecified atom stereocenters. The van der Waals surface area contributed by atoms with E-state index in [0.29, 0.717) is 17.5 Å². The van der Waals surface area contributed by atoms with Crippen molar-refractivity contribution in [2.45, 2.75) is 71.1 Å². The molecule has 0 spiro atoms. The Morgan fingerprint density at radius 2 is 1.00 bits per heavy atom. The molecule has 0 fully saturated rings. The Morgan fingerprint density at radius 1 is 0.654 bits per heavy atom. The predicted octanol–water partition coefficient (Wildman–Crippen LogP) is 3.28. The van der Waals surface area contributed by atoms with Crippen molar-refractivity contribution in [1.29, 1.82) is 0 Å². The number of primary amides is 3. The number of hydrogen-bond donors (Lipinski definition) is 3. The third-order valence-electron chi connectivity index (χ3n) is 3.98. The van der Waals surface area contributed by atoms with Crippen molar-refractivity contribution in [3.63, 3.8) is 0 Å². The van der Waals surface area contributed by atoms with Gasteiger partial charge < -0.3 is 17.2 Å². The quantitative estimate of drug-likeness (QED) is 0.493. The molecule has 1 aromatic rings. The van der Waals surface area contributed by atoms with E-state index in [4.69, 9.17) is 17.2 Å². The number of carbonyl (C=O) groups excluding carboxylic acids is 3. The van der Waals surface area contributed by atoms with Gasteiger partial charge >= 0.3 is 0 Å². The van der Waals surface area contributed by atoms with Crippen LogP contribution in [-0.4, -0.2) is 17.7 Å². The maximum absolute atomic E-state index is 10.6. The van der Waals surface area contributed by atoms with E-state index in [1.54, 1.807) is 0 Å². The topological polar surface area (TPSA) is 129 Å². The number of nitrogens with two attached hydrogens (primary N) is 3. The van der Waals surface area contributed by atoms with E-state index in [9.17, 15) is 14.4 Å². The summed E-state index contributed by atoms with van der Waals surface area (Å²) < 4.78 is 0. The number of amides is 3. The molecule has 0 bridgehead atoms. The molecule has 6 N–H and O–H groups in total. The molecule has 0 aliphatic heterocycles. The Balaban J connectivity index is 0.000000485. The Labute approximate surface area is 156 Å². The van der Waals surface area contributed by atoms with Gasteiger partial charge in [-0.3, -0.25) is 14.4 Å². The molecule has 0 atom stereocenters. The third kappa shape index (κ3) is 13.0. The summed E-state index contributed by atoms with van der Waals surface area (Å²) in [5.74, 6) is -1.20. The summed E-state index contributed by atoms with van der Waals surface area (Å²) in [5, 5.41) is 0. The van der Waals surface area contributed by atoms with Gasteiger partial charge in [0, 0.05) is 17.5 Å². The van der Waals surface area contributed by atoms with Gasteiger partial charge in [0.2, 0.25) is 17.7 Å². The number of benzene rings is 1. The lowest BCUT2D eigenvalue weighted by atomic mass is 10.1. The average molecular weight is 364 g/mol. The van der Waals surface area contributed by atoms with Crippen molar-refractivity contribution in [3.05, 3.63) is 35.4 Å². The number of carbonyl (C=O) groups is 3.